The minimum atomic E-state index is -4.56. The van der Waals surface area contributed by atoms with Gasteiger partial charge in [-0.2, -0.15) is 13.2 Å². The molecule has 0 saturated carbocycles. The third-order valence-corrected chi connectivity index (χ3v) is 3.44. The van der Waals surface area contributed by atoms with Crippen LogP contribution in [-0.2, 0) is 6.18 Å². The molecule has 1 amide bonds. The molecule has 0 saturated heterocycles. The van der Waals surface area contributed by atoms with E-state index in [2.05, 4.69) is 5.32 Å². The molecular formula is C14H19F3N2O2. The van der Waals surface area contributed by atoms with Crippen molar-refractivity contribution in [3.8, 4) is 0 Å². The highest BCUT2D eigenvalue weighted by Crippen LogP contribution is 2.35. The first-order valence-electron chi connectivity index (χ1n) is 6.32. The van der Waals surface area contributed by atoms with Gasteiger partial charge in [0.1, 0.15) is 0 Å². The van der Waals surface area contributed by atoms with Crippen LogP contribution < -0.4 is 5.32 Å². The molecule has 0 aliphatic carbocycles. The predicted molar refractivity (Wildman–Crippen MR) is 74.2 cm³/mol. The fourth-order valence-corrected chi connectivity index (χ4v) is 1.70. The zero-order valence-electron chi connectivity index (χ0n) is 12.4. The van der Waals surface area contributed by atoms with E-state index in [0.29, 0.717) is 0 Å². The molecule has 1 aromatic carbocycles. The zero-order valence-corrected chi connectivity index (χ0v) is 12.4. The standard InChI is InChI=1S/C14H19F3N2O2/c1-13(2,8-20)19(4)12(21)9-5-6-11(18-3)10(7-9)14(15,16)17/h5-7,18,20H,8H2,1-4H3. The summed E-state index contributed by atoms with van der Waals surface area (Å²) < 4.78 is 38.9. The molecular weight excluding hydrogens is 285 g/mol. The summed E-state index contributed by atoms with van der Waals surface area (Å²) in [6.45, 7) is 2.95. The number of nitrogens with one attached hydrogen (secondary N) is 1. The normalized spacial score (nSPS) is 12.2. The number of nitrogens with zero attached hydrogens (tertiary/aromatic N) is 1. The second kappa shape index (κ2) is 5.93. The van der Waals surface area contributed by atoms with Crippen LogP contribution in [-0.4, -0.2) is 42.2 Å². The van der Waals surface area contributed by atoms with Crippen molar-refractivity contribution in [2.24, 2.45) is 0 Å². The first kappa shape index (κ1) is 17.3. The number of hydrogen-bond donors (Lipinski definition) is 2. The molecule has 0 aromatic heterocycles. The second-order valence-corrected chi connectivity index (χ2v) is 5.34. The number of aliphatic hydroxyl groups excluding tert-OH is 1. The lowest BCUT2D eigenvalue weighted by atomic mass is 10.0. The summed E-state index contributed by atoms with van der Waals surface area (Å²) in [5, 5.41) is 11.7. The third-order valence-electron chi connectivity index (χ3n) is 3.44. The highest BCUT2D eigenvalue weighted by molar-refractivity contribution is 5.95. The van der Waals surface area contributed by atoms with Crippen molar-refractivity contribution in [2.75, 3.05) is 26.0 Å². The molecule has 1 rings (SSSR count). The number of rotatable bonds is 4. The molecule has 2 N–H and O–H groups in total. The summed E-state index contributed by atoms with van der Waals surface area (Å²) in [5.41, 5.74) is -1.93. The Morgan fingerprint density at radius 2 is 1.90 bits per heavy atom. The summed E-state index contributed by atoms with van der Waals surface area (Å²) in [4.78, 5) is 13.5. The number of anilines is 1. The summed E-state index contributed by atoms with van der Waals surface area (Å²) in [7, 11) is 2.82. The smallest absolute Gasteiger partial charge is 0.394 e. The van der Waals surface area contributed by atoms with Crippen LogP contribution in [0.3, 0.4) is 0 Å². The number of halogens is 3. The Balaban J connectivity index is 3.24. The molecule has 7 heteroatoms. The van der Waals surface area contributed by atoms with Gasteiger partial charge in [-0.25, -0.2) is 0 Å². The lowest BCUT2D eigenvalue weighted by molar-refractivity contribution is -0.137. The van der Waals surface area contributed by atoms with Gasteiger partial charge < -0.3 is 15.3 Å². The fraction of sp³-hybridized carbons (Fsp3) is 0.500. The Labute approximate surface area is 121 Å². The van der Waals surface area contributed by atoms with Gasteiger partial charge in [0.25, 0.3) is 5.91 Å². The number of carbonyl (C=O) groups excluding carboxylic acids is 1. The maximum absolute atomic E-state index is 13.0. The van der Waals surface area contributed by atoms with E-state index in [4.69, 9.17) is 0 Å². The summed E-state index contributed by atoms with van der Waals surface area (Å²) >= 11 is 0. The highest BCUT2D eigenvalue weighted by atomic mass is 19.4. The molecule has 118 valence electrons. The van der Waals surface area contributed by atoms with Gasteiger partial charge in [-0.3, -0.25) is 4.79 Å². The van der Waals surface area contributed by atoms with Crippen molar-refractivity contribution in [2.45, 2.75) is 25.6 Å². The summed E-state index contributed by atoms with van der Waals surface area (Å²) in [6, 6.07) is 3.36. The number of benzene rings is 1. The Morgan fingerprint density at radius 3 is 2.33 bits per heavy atom. The van der Waals surface area contributed by atoms with Crippen LogP contribution in [0.25, 0.3) is 0 Å². The van der Waals surface area contributed by atoms with Crippen LogP contribution in [0.15, 0.2) is 18.2 Å². The van der Waals surface area contributed by atoms with E-state index in [1.54, 1.807) is 13.8 Å². The Kier molecular flexibility index (Phi) is 4.88. The van der Waals surface area contributed by atoms with Gasteiger partial charge >= 0.3 is 6.18 Å². The van der Waals surface area contributed by atoms with Crippen LogP contribution in [0, 0.1) is 0 Å². The largest absolute Gasteiger partial charge is 0.418 e. The van der Waals surface area contributed by atoms with Crippen molar-refractivity contribution < 1.29 is 23.1 Å². The monoisotopic (exact) mass is 304 g/mol. The SMILES string of the molecule is CNc1ccc(C(=O)N(C)C(C)(C)CO)cc1C(F)(F)F. The van der Waals surface area contributed by atoms with Gasteiger partial charge in [0, 0.05) is 25.3 Å². The van der Waals surface area contributed by atoms with Gasteiger partial charge in [0.2, 0.25) is 0 Å². The van der Waals surface area contributed by atoms with Gasteiger partial charge in [-0.15, -0.1) is 0 Å². The topological polar surface area (TPSA) is 52.6 Å². The predicted octanol–water partition coefficient (Wildman–Crippen LogP) is 2.59. The van der Waals surface area contributed by atoms with E-state index in [1.165, 1.54) is 31.1 Å². The molecule has 0 fully saturated rings. The maximum Gasteiger partial charge on any atom is 0.418 e. The van der Waals surface area contributed by atoms with Gasteiger partial charge in [-0.1, -0.05) is 0 Å². The Bertz CT molecular complexity index is 527. The van der Waals surface area contributed by atoms with E-state index in [0.717, 1.165) is 6.07 Å². The molecule has 1 aromatic rings. The molecule has 0 aliphatic heterocycles. The molecule has 0 heterocycles. The average Bonchev–Trinajstić information content (AvgIpc) is 2.43. The summed E-state index contributed by atoms with van der Waals surface area (Å²) in [6.07, 6.45) is -4.56. The van der Waals surface area contributed by atoms with Crippen molar-refractivity contribution >= 4 is 11.6 Å². The number of hydrogen-bond acceptors (Lipinski definition) is 3. The lowest BCUT2D eigenvalue weighted by Gasteiger charge is -2.34. The van der Waals surface area contributed by atoms with Gasteiger partial charge in [0.05, 0.1) is 17.7 Å². The van der Waals surface area contributed by atoms with Gasteiger partial charge in [-0.05, 0) is 32.0 Å². The molecule has 0 atom stereocenters. The number of alkyl halides is 3. The second-order valence-electron chi connectivity index (χ2n) is 5.34. The Hall–Kier alpha value is -1.76. The zero-order chi connectivity index (χ0) is 16.4. The number of carbonyl (C=O) groups is 1. The first-order chi connectivity index (χ1) is 9.54. The molecule has 0 unspecified atom stereocenters. The molecule has 0 radical (unpaired) electrons. The van der Waals surface area contributed by atoms with Crippen LogP contribution in [0.4, 0.5) is 18.9 Å². The third kappa shape index (κ3) is 3.66. The average molecular weight is 304 g/mol. The quantitative estimate of drug-likeness (QED) is 0.899. The first-order valence-corrected chi connectivity index (χ1v) is 6.32. The fourth-order valence-electron chi connectivity index (χ4n) is 1.70. The van der Waals surface area contributed by atoms with E-state index in [9.17, 15) is 23.1 Å². The minimum Gasteiger partial charge on any atom is -0.394 e. The van der Waals surface area contributed by atoms with Crippen molar-refractivity contribution in [1.82, 2.24) is 4.90 Å². The van der Waals surface area contributed by atoms with Crippen LogP contribution in [0.2, 0.25) is 0 Å². The van der Waals surface area contributed by atoms with Crippen LogP contribution >= 0.6 is 0 Å². The number of aliphatic hydroxyl groups is 1. The molecule has 0 aliphatic rings. The molecule has 0 bridgehead atoms. The molecule has 21 heavy (non-hydrogen) atoms. The van der Waals surface area contributed by atoms with Crippen molar-refractivity contribution in [1.29, 1.82) is 0 Å². The van der Waals surface area contributed by atoms with E-state index >= 15 is 0 Å². The van der Waals surface area contributed by atoms with E-state index in [1.807, 2.05) is 0 Å². The maximum atomic E-state index is 13.0. The van der Waals surface area contributed by atoms with Crippen molar-refractivity contribution in [3.05, 3.63) is 29.3 Å². The Morgan fingerprint density at radius 1 is 1.33 bits per heavy atom. The van der Waals surface area contributed by atoms with E-state index < -0.39 is 23.2 Å². The number of amides is 1. The molecule has 4 nitrogen and oxygen atoms in total. The van der Waals surface area contributed by atoms with Crippen LogP contribution in [0.5, 0.6) is 0 Å². The van der Waals surface area contributed by atoms with Crippen molar-refractivity contribution in [3.63, 3.8) is 0 Å². The summed E-state index contributed by atoms with van der Waals surface area (Å²) in [5.74, 6) is -0.581. The number of likely N-dealkylation sites (N-methyl/N-ethyl adjacent to an activating group) is 1. The highest BCUT2D eigenvalue weighted by Gasteiger charge is 2.35. The lowest BCUT2D eigenvalue weighted by Crippen LogP contribution is -2.47. The van der Waals surface area contributed by atoms with Crippen LogP contribution in [0.1, 0.15) is 29.8 Å². The minimum absolute atomic E-state index is 0.0784. The van der Waals surface area contributed by atoms with E-state index in [-0.39, 0.29) is 17.9 Å². The molecule has 0 spiro atoms. The van der Waals surface area contributed by atoms with Gasteiger partial charge in [0.15, 0.2) is 0 Å².